The lowest BCUT2D eigenvalue weighted by molar-refractivity contribution is -0.131. The van der Waals surface area contributed by atoms with E-state index in [0.29, 0.717) is 24.6 Å². The van der Waals surface area contributed by atoms with Crippen LogP contribution in [0, 0.1) is 0 Å². The number of benzene rings is 1. The predicted molar refractivity (Wildman–Crippen MR) is 115 cm³/mol. The molecule has 8 heteroatoms. The summed E-state index contributed by atoms with van der Waals surface area (Å²) >= 11 is 0. The van der Waals surface area contributed by atoms with Crippen molar-refractivity contribution in [2.75, 3.05) is 33.9 Å². The van der Waals surface area contributed by atoms with E-state index in [1.54, 1.807) is 6.07 Å². The smallest absolute Gasteiger partial charge is 0.243 e. The first kappa shape index (κ1) is 22.9. The van der Waals surface area contributed by atoms with Crippen molar-refractivity contribution in [2.45, 2.75) is 68.7 Å². The Morgan fingerprint density at radius 2 is 1.57 bits per heavy atom. The minimum absolute atomic E-state index is 0.0912. The molecule has 0 unspecified atom stereocenters. The van der Waals surface area contributed by atoms with E-state index in [9.17, 15) is 13.2 Å². The maximum absolute atomic E-state index is 13.6. The van der Waals surface area contributed by atoms with Gasteiger partial charge in [-0.1, -0.05) is 32.1 Å². The van der Waals surface area contributed by atoms with Crippen LogP contribution in [0.4, 0.5) is 0 Å². The van der Waals surface area contributed by atoms with Crippen LogP contribution in [-0.2, 0) is 14.8 Å². The summed E-state index contributed by atoms with van der Waals surface area (Å²) in [5, 5.41) is 0. The Hall–Kier alpha value is -1.80. The summed E-state index contributed by atoms with van der Waals surface area (Å²) in [6.45, 7) is 1.34. The lowest BCUT2D eigenvalue weighted by Gasteiger charge is -2.34. The number of rotatable bonds is 7. The molecule has 1 amide bonds. The molecule has 1 aromatic rings. The minimum Gasteiger partial charge on any atom is -0.493 e. The highest BCUT2D eigenvalue weighted by molar-refractivity contribution is 7.89. The zero-order valence-electron chi connectivity index (χ0n) is 18.1. The molecule has 0 radical (unpaired) electrons. The number of nitrogens with zero attached hydrogens (tertiary/aromatic N) is 2. The third-order valence-corrected chi connectivity index (χ3v) is 8.09. The molecule has 2 aliphatic rings. The van der Waals surface area contributed by atoms with E-state index >= 15 is 0 Å². The van der Waals surface area contributed by atoms with Gasteiger partial charge in [-0.2, -0.15) is 4.31 Å². The largest absolute Gasteiger partial charge is 0.493 e. The number of hydrogen-bond acceptors (Lipinski definition) is 5. The fourth-order valence-corrected chi connectivity index (χ4v) is 6.10. The second kappa shape index (κ2) is 10.5. The summed E-state index contributed by atoms with van der Waals surface area (Å²) in [5.41, 5.74) is 0. The molecule has 168 valence electrons. The van der Waals surface area contributed by atoms with Gasteiger partial charge in [-0.15, -0.1) is 0 Å². The number of carbonyl (C=O) groups excluding carboxylic acids is 1. The summed E-state index contributed by atoms with van der Waals surface area (Å²) in [5.74, 6) is 0.744. The Balaban J connectivity index is 1.89. The van der Waals surface area contributed by atoms with Gasteiger partial charge in [-0.05, 0) is 37.8 Å². The normalized spacial score (nSPS) is 18.8. The summed E-state index contributed by atoms with van der Waals surface area (Å²) in [6, 6.07) is 4.47. The maximum atomic E-state index is 13.6. The van der Waals surface area contributed by atoms with Gasteiger partial charge in [0, 0.05) is 25.2 Å². The Morgan fingerprint density at radius 1 is 0.967 bits per heavy atom. The Morgan fingerprint density at radius 3 is 2.17 bits per heavy atom. The Kier molecular flexibility index (Phi) is 7.99. The number of amides is 1. The summed E-state index contributed by atoms with van der Waals surface area (Å²) < 4.78 is 39.3. The average Bonchev–Trinajstić information content (AvgIpc) is 3.07. The zero-order chi connectivity index (χ0) is 21.6. The topological polar surface area (TPSA) is 76.2 Å². The lowest BCUT2D eigenvalue weighted by atomic mass is 9.95. The van der Waals surface area contributed by atoms with Gasteiger partial charge in [0.25, 0.3) is 0 Å². The van der Waals surface area contributed by atoms with E-state index in [-0.39, 0.29) is 23.4 Å². The second-order valence-electron chi connectivity index (χ2n) is 8.15. The summed E-state index contributed by atoms with van der Waals surface area (Å²) in [6.07, 6.45) is 8.89. The average molecular weight is 439 g/mol. The Bertz CT molecular complexity index is 813. The van der Waals surface area contributed by atoms with Crippen LogP contribution in [0.25, 0.3) is 0 Å². The molecule has 1 heterocycles. The SMILES string of the molecule is COc1ccc(S(=O)(=O)N(CC(=O)N2CCCCCC2)C2CCCCC2)cc1OC. The minimum atomic E-state index is -3.85. The Labute approximate surface area is 180 Å². The summed E-state index contributed by atoms with van der Waals surface area (Å²) in [7, 11) is -0.855. The molecule has 0 bridgehead atoms. The maximum Gasteiger partial charge on any atom is 0.243 e. The van der Waals surface area contributed by atoms with Crippen molar-refractivity contribution in [1.82, 2.24) is 9.21 Å². The standard InChI is InChI=1S/C22H34N2O5S/c1-28-20-13-12-19(16-21(20)29-2)30(26,27)24(18-10-6-5-7-11-18)17-22(25)23-14-8-3-4-9-15-23/h12-13,16,18H,3-11,14-15,17H2,1-2H3. The number of likely N-dealkylation sites (tertiary alicyclic amines) is 1. The summed E-state index contributed by atoms with van der Waals surface area (Å²) in [4.78, 5) is 15.1. The van der Waals surface area contributed by atoms with Crippen molar-refractivity contribution in [2.24, 2.45) is 0 Å². The van der Waals surface area contributed by atoms with Gasteiger partial charge in [0.05, 0.1) is 25.7 Å². The molecule has 2 fully saturated rings. The monoisotopic (exact) mass is 438 g/mol. The number of carbonyl (C=O) groups is 1. The third-order valence-electron chi connectivity index (χ3n) is 6.19. The predicted octanol–water partition coefficient (Wildman–Crippen LogP) is 3.43. The molecule has 0 atom stereocenters. The number of hydrogen-bond donors (Lipinski definition) is 0. The van der Waals surface area contributed by atoms with Crippen LogP contribution in [0.15, 0.2) is 23.1 Å². The van der Waals surface area contributed by atoms with Crippen molar-refractivity contribution < 1.29 is 22.7 Å². The van der Waals surface area contributed by atoms with Crippen LogP contribution in [-0.4, -0.2) is 63.4 Å². The van der Waals surface area contributed by atoms with E-state index < -0.39 is 10.0 Å². The van der Waals surface area contributed by atoms with Gasteiger partial charge < -0.3 is 14.4 Å². The van der Waals surface area contributed by atoms with Crippen LogP contribution in [0.2, 0.25) is 0 Å². The molecule has 1 saturated carbocycles. The van der Waals surface area contributed by atoms with E-state index in [1.165, 1.54) is 30.7 Å². The number of sulfonamides is 1. The highest BCUT2D eigenvalue weighted by Gasteiger charge is 2.35. The molecule has 1 aliphatic heterocycles. The van der Waals surface area contributed by atoms with Crippen LogP contribution in [0.1, 0.15) is 57.8 Å². The van der Waals surface area contributed by atoms with E-state index in [0.717, 1.165) is 57.8 Å². The molecule has 0 aromatic heterocycles. The molecule has 0 spiro atoms. The highest BCUT2D eigenvalue weighted by Crippen LogP contribution is 2.33. The van der Waals surface area contributed by atoms with Crippen molar-refractivity contribution in [1.29, 1.82) is 0 Å². The van der Waals surface area contributed by atoms with Crippen molar-refractivity contribution in [3.8, 4) is 11.5 Å². The van der Waals surface area contributed by atoms with Crippen molar-refractivity contribution in [3.63, 3.8) is 0 Å². The van der Waals surface area contributed by atoms with Crippen molar-refractivity contribution in [3.05, 3.63) is 18.2 Å². The number of methoxy groups -OCH3 is 2. The first-order valence-electron chi connectivity index (χ1n) is 11.0. The van der Waals surface area contributed by atoms with E-state index in [2.05, 4.69) is 0 Å². The molecule has 0 N–H and O–H groups in total. The molecule has 3 rings (SSSR count). The van der Waals surface area contributed by atoms with Crippen LogP contribution in [0.5, 0.6) is 11.5 Å². The zero-order valence-corrected chi connectivity index (χ0v) is 19.0. The molecular formula is C22H34N2O5S. The molecule has 1 aromatic carbocycles. The second-order valence-corrected chi connectivity index (χ2v) is 10.0. The van der Waals surface area contributed by atoms with Gasteiger partial charge >= 0.3 is 0 Å². The fraction of sp³-hybridized carbons (Fsp3) is 0.682. The van der Waals surface area contributed by atoms with Crippen LogP contribution < -0.4 is 9.47 Å². The molecule has 7 nitrogen and oxygen atoms in total. The third kappa shape index (κ3) is 5.27. The van der Waals surface area contributed by atoms with Crippen LogP contribution in [0.3, 0.4) is 0 Å². The van der Waals surface area contributed by atoms with Gasteiger partial charge in [0.15, 0.2) is 11.5 Å². The van der Waals surface area contributed by atoms with Gasteiger partial charge in [0.2, 0.25) is 15.9 Å². The number of ether oxygens (including phenoxy) is 2. The lowest BCUT2D eigenvalue weighted by Crippen LogP contribution is -2.48. The molecular weight excluding hydrogens is 404 g/mol. The van der Waals surface area contributed by atoms with Crippen LogP contribution >= 0.6 is 0 Å². The van der Waals surface area contributed by atoms with E-state index in [1.807, 2.05) is 4.90 Å². The van der Waals surface area contributed by atoms with E-state index in [4.69, 9.17) is 9.47 Å². The molecule has 1 saturated heterocycles. The highest BCUT2D eigenvalue weighted by atomic mass is 32.2. The first-order valence-corrected chi connectivity index (χ1v) is 12.4. The molecule has 30 heavy (non-hydrogen) atoms. The van der Waals surface area contributed by atoms with Gasteiger partial charge in [-0.3, -0.25) is 4.79 Å². The first-order chi connectivity index (χ1) is 14.5. The molecule has 1 aliphatic carbocycles. The van der Waals surface area contributed by atoms with Crippen molar-refractivity contribution >= 4 is 15.9 Å². The van der Waals surface area contributed by atoms with Gasteiger partial charge in [-0.25, -0.2) is 8.42 Å². The van der Waals surface area contributed by atoms with Gasteiger partial charge in [0.1, 0.15) is 0 Å². The quantitative estimate of drug-likeness (QED) is 0.652. The fourth-order valence-electron chi connectivity index (χ4n) is 4.45.